The van der Waals surface area contributed by atoms with Crippen LogP contribution in [0.25, 0.3) is 6.08 Å². The van der Waals surface area contributed by atoms with E-state index >= 15 is 0 Å². The van der Waals surface area contributed by atoms with E-state index in [0.717, 1.165) is 6.08 Å². The van der Waals surface area contributed by atoms with Crippen molar-refractivity contribution in [3.8, 4) is 11.5 Å². The second-order valence-electron chi connectivity index (χ2n) is 12.0. The third-order valence-corrected chi connectivity index (χ3v) is 8.52. The molecular weight excluding hydrogens is 680 g/mol. The summed E-state index contributed by atoms with van der Waals surface area (Å²) in [6.45, 7) is -1.86. The van der Waals surface area contributed by atoms with Gasteiger partial charge in [0.05, 0.1) is 26.9 Å². The number of hydrogen-bond donors (Lipinski definition) is 10. The number of carbonyl (C=O) groups is 1. The molecule has 0 aromatic heterocycles. The first-order valence-electron chi connectivity index (χ1n) is 15.6. The van der Waals surface area contributed by atoms with Gasteiger partial charge in [0.2, 0.25) is 0 Å². The average molecular weight is 723 g/mol. The summed E-state index contributed by atoms with van der Waals surface area (Å²) in [4.78, 5) is 12.6. The number of hydrogen-bond acceptors (Lipinski definition) is 20. The number of aliphatic hydroxyl groups excluding tert-OH is 9. The van der Waals surface area contributed by atoms with Crippen LogP contribution in [0.5, 0.6) is 11.5 Å². The second kappa shape index (κ2) is 16.8. The minimum absolute atomic E-state index is 0.108. The molecule has 0 saturated carbocycles. The fraction of sp³-hybridized carbons (Fsp3) is 0.700. The van der Waals surface area contributed by atoms with Crippen molar-refractivity contribution in [3.05, 3.63) is 29.8 Å². The maximum Gasteiger partial charge on any atom is 0.330 e. The first-order valence-corrected chi connectivity index (χ1v) is 15.6. The number of phenols is 1. The van der Waals surface area contributed by atoms with Gasteiger partial charge in [-0.2, -0.15) is 0 Å². The minimum atomic E-state index is -1.79. The molecule has 0 bridgehead atoms. The van der Waals surface area contributed by atoms with Crippen molar-refractivity contribution in [2.45, 2.75) is 98.4 Å². The summed E-state index contributed by atoms with van der Waals surface area (Å²) >= 11 is 0. The van der Waals surface area contributed by atoms with E-state index in [-0.39, 0.29) is 18.1 Å². The van der Waals surface area contributed by atoms with Crippen LogP contribution in [-0.2, 0) is 42.7 Å². The molecule has 50 heavy (non-hydrogen) atoms. The molecule has 20 heteroatoms. The Morgan fingerprint density at radius 1 is 0.760 bits per heavy atom. The zero-order valence-corrected chi connectivity index (χ0v) is 26.5. The molecular formula is C30H42O20. The number of ether oxygens (including phenoxy) is 9. The Kier molecular flexibility index (Phi) is 13.0. The Labute approximate surface area is 284 Å². The molecule has 10 N–H and O–H groups in total. The minimum Gasteiger partial charge on any atom is -0.504 e. The van der Waals surface area contributed by atoms with E-state index in [4.69, 9.17) is 42.6 Å². The summed E-state index contributed by atoms with van der Waals surface area (Å²) in [6.07, 6.45) is -23.0. The Morgan fingerprint density at radius 3 is 2.14 bits per heavy atom. The summed E-state index contributed by atoms with van der Waals surface area (Å²) in [5.74, 6) is -0.808. The van der Waals surface area contributed by atoms with Gasteiger partial charge in [-0.15, -0.1) is 0 Å². The Hall–Kier alpha value is -2.61. The highest BCUT2D eigenvalue weighted by Crippen LogP contribution is 2.33. The lowest BCUT2D eigenvalue weighted by Crippen LogP contribution is -2.60. The summed E-state index contributed by atoms with van der Waals surface area (Å²) in [7, 11) is 1.36. The predicted molar refractivity (Wildman–Crippen MR) is 157 cm³/mol. The number of esters is 1. The fourth-order valence-corrected chi connectivity index (χ4v) is 5.63. The third-order valence-electron chi connectivity index (χ3n) is 8.52. The average Bonchev–Trinajstić information content (AvgIpc) is 3.39. The number of carbonyl (C=O) groups excluding carboxylic acids is 1. The summed E-state index contributed by atoms with van der Waals surface area (Å²) < 4.78 is 48.7. The van der Waals surface area contributed by atoms with E-state index in [1.807, 2.05) is 0 Å². The molecule has 0 radical (unpaired) electrons. The molecule has 282 valence electrons. The van der Waals surface area contributed by atoms with Crippen LogP contribution in [0.1, 0.15) is 5.56 Å². The largest absolute Gasteiger partial charge is 0.504 e. The van der Waals surface area contributed by atoms with Crippen LogP contribution >= 0.6 is 0 Å². The van der Waals surface area contributed by atoms with Crippen molar-refractivity contribution < 1.29 is 98.5 Å². The SMILES string of the molecule is COc1cc(C=CC(=O)OCC2OC(OC3C(O)COC(OC4COC(O)C(O)C4O)C3O)C(O)C2OC2OCC(O)C(O)C2O)ccc1O. The second-order valence-corrected chi connectivity index (χ2v) is 12.0. The lowest BCUT2D eigenvalue weighted by molar-refractivity contribution is -0.339. The fourth-order valence-electron chi connectivity index (χ4n) is 5.63. The van der Waals surface area contributed by atoms with Gasteiger partial charge in [-0.05, 0) is 23.8 Å². The zero-order valence-electron chi connectivity index (χ0n) is 26.5. The van der Waals surface area contributed by atoms with Crippen LogP contribution in [0.15, 0.2) is 24.3 Å². The summed E-state index contributed by atoms with van der Waals surface area (Å²) in [5.41, 5.74) is 0.484. The van der Waals surface area contributed by atoms with Gasteiger partial charge >= 0.3 is 5.97 Å². The van der Waals surface area contributed by atoms with E-state index in [2.05, 4.69) is 0 Å². The molecule has 1 aromatic carbocycles. The van der Waals surface area contributed by atoms with Gasteiger partial charge < -0.3 is 93.7 Å². The van der Waals surface area contributed by atoms with Crippen LogP contribution in [0.4, 0.5) is 0 Å². The van der Waals surface area contributed by atoms with Gasteiger partial charge in [-0.25, -0.2) is 4.79 Å². The molecule has 16 unspecified atom stereocenters. The number of benzene rings is 1. The van der Waals surface area contributed by atoms with Crippen LogP contribution in [0.2, 0.25) is 0 Å². The van der Waals surface area contributed by atoms with E-state index in [9.17, 15) is 55.9 Å². The molecule has 1 aromatic rings. The van der Waals surface area contributed by atoms with Crippen LogP contribution in [0, 0.1) is 0 Å². The first kappa shape index (κ1) is 38.6. The van der Waals surface area contributed by atoms with E-state index < -0.39 is 124 Å². The van der Waals surface area contributed by atoms with Gasteiger partial charge in [-0.1, -0.05) is 6.07 Å². The van der Waals surface area contributed by atoms with Gasteiger partial charge in [-0.3, -0.25) is 0 Å². The summed E-state index contributed by atoms with van der Waals surface area (Å²) in [6, 6.07) is 4.34. The standard InChI is InChI=1S/C30H42O20/c1-42-15-6-11(2-4-12(15)31)3-5-18(34)43-10-17-26(50-28-22(38)19(35)13(32)7-45-28)24(40)30(48-17)49-25-14(33)8-46-29(23(25)39)47-16-9-44-27(41)21(37)20(16)36/h2-6,13-14,16-17,19-33,35-41H,7-10H2,1H3. The van der Waals surface area contributed by atoms with Gasteiger partial charge in [0.25, 0.3) is 0 Å². The third kappa shape index (κ3) is 8.70. The Balaban J connectivity index is 1.26. The van der Waals surface area contributed by atoms with Crippen molar-refractivity contribution in [1.29, 1.82) is 0 Å². The lowest BCUT2D eigenvalue weighted by atomic mass is 10.0. The topological polar surface area (TPSA) is 302 Å². The molecule has 4 heterocycles. The lowest BCUT2D eigenvalue weighted by Gasteiger charge is -2.42. The first-order chi connectivity index (χ1) is 23.8. The quantitative estimate of drug-likeness (QED) is 0.0754. The van der Waals surface area contributed by atoms with Crippen LogP contribution in [-0.4, -0.2) is 189 Å². The summed E-state index contributed by atoms with van der Waals surface area (Å²) in [5, 5.41) is 103. The normalized spacial score (nSPS) is 42.4. The molecule has 4 aliphatic rings. The Bertz CT molecular complexity index is 1300. The van der Waals surface area contributed by atoms with Gasteiger partial charge in [0.15, 0.2) is 36.7 Å². The maximum absolute atomic E-state index is 12.6. The highest BCUT2D eigenvalue weighted by atomic mass is 16.8. The molecule has 20 nitrogen and oxygen atoms in total. The van der Waals surface area contributed by atoms with Crippen LogP contribution in [0.3, 0.4) is 0 Å². The van der Waals surface area contributed by atoms with Crippen molar-refractivity contribution >= 4 is 12.0 Å². The maximum atomic E-state index is 12.6. The molecule has 4 saturated heterocycles. The van der Waals surface area contributed by atoms with E-state index in [1.54, 1.807) is 0 Å². The number of phenolic OH excluding ortho intramolecular Hbond substituents is 1. The molecule has 0 aliphatic carbocycles. The van der Waals surface area contributed by atoms with Crippen molar-refractivity contribution in [2.24, 2.45) is 0 Å². The van der Waals surface area contributed by atoms with Crippen molar-refractivity contribution in [1.82, 2.24) is 0 Å². The van der Waals surface area contributed by atoms with Crippen LogP contribution < -0.4 is 4.74 Å². The molecule has 0 spiro atoms. The predicted octanol–water partition coefficient (Wildman–Crippen LogP) is -5.21. The molecule has 5 rings (SSSR count). The molecule has 16 atom stereocenters. The van der Waals surface area contributed by atoms with Gasteiger partial charge in [0, 0.05) is 6.08 Å². The highest BCUT2D eigenvalue weighted by molar-refractivity contribution is 5.87. The van der Waals surface area contributed by atoms with E-state index in [1.165, 1.54) is 31.4 Å². The number of aliphatic hydroxyl groups is 9. The number of rotatable bonds is 11. The van der Waals surface area contributed by atoms with Crippen molar-refractivity contribution in [3.63, 3.8) is 0 Å². The molecule has 0 amide bonds. The zero-order chi connectivity index (χ0) is 36.3. The van der Waals surface area contributed by atoms with Gasteiger partial charge in [0.1, 0.15) is 79.9 Å². The smallest absolute Gasteiger partial charge is 0.330 e. The number of methoxy groups -OCH3 is 1. The molecule has 4 fully saturated rings. The number of aromatic hydroxyl groups is 1. The monoisotopic (exact) mass is 722 g/mol. The Morgan fingerprint density at radius 2 is 1.42 bits per heavy atom. The van der Waals surface area contributed by atoms with Crippen molar-refractivity contribution in [2.75, 3.05) is 33.5 Å². The highest BCUT2D eigenvalue weighted by Gasteiger charge is 2.53. The molecule has 4 aliphatic heterocycles. The van der Waals surface area contributed by atoms with E-state index in [0.29, 0.717) is 5.56 Å².